The maximum Gasteiger partial charge on any atom is 0.419 e. The second-order valence-electron chi connectivity index (χ2n) is 11.6. The predicted molar refractivity (Wildman–Crippen MR) is 173 cm³/mol. The highest BCUT2D eigenvalue weighted by Crippen LogP contribution is 2.42. The van der Waals surface area contributed by atoms with Crippen LogP contribution in [0.25, 0.3) is 0 Å². The summed E-state index contributed by atoms with van der Waals surface area (Å²) in [5.74, 6) is 0.739. The summed E-state index contributed by atoms with van der Waals surface area (Å²) in [6.45, 7) is 3.65. The molecule has 1 fully saturated rings. The van der Waals surface area contributed by atoms with Gasteiger partial charge in [-0.2, -0.15) is 0 Å². The van der Waals surface area contributed by atoms with Crippen LogP contribution in [0, 0.1) is 11.8 Å². The largest absolute Gasteiger partial charge is 0.491 e. The molecule has 0 aromatic heterocycles. The molecule has 2 aromatic rings. The van der Waals surface area contributed by atoms with Gasteiger partial charge in [0.2, 0.25) is 0 Å². The van der Waals surface area contributed by atoms with Crippen molar-refractivity contribution in [3.8, 4) is 5.75 Å². The van der Waals surface area contributed by atoms with E-state index in [1.54, 1.807) is 32.2 Å². The number of nitrogens with one attached hydrogen (secondary N) is 1. The highest BCUT2D eigenvalue weighted by molar-refractivity contribution is 7.92. The van der Waals surface area contributed by atoms with Crippen molar-refractivity contribution in [2.24, 2.45) is 16.2 Å². The van der Waals surface area contributed by atoms with E-state index in [4.69, 9.17) is 25.8 Å². The molecule has 1 aliphatic carbocycles. The molecule has 1 unspecified atom stereocenters. The minimum Gasteiger partial charge on any atom is -0.491 e. The summed E-state index contributed by atoms with van der Waals surface area (Å²) < 4.78 is 37.5. The normalized spacial score (nSPS) is 26.8. The van der Waals surface area contributed by atoms with Crippen LogP contribution in [0.4, 0.5) is 10.5 Å². The van der Waals surface area contributed by atoms with Crippen molar-refractivity contribution >= 4 is 39.2 Å². The van der Waals surface area contributed by atoms with E-state index in [0.717, 1.165) is 44.3 Å². The third kappa shape index (κ3) is 7.95. The van der Waals surface area contributed by atoms with Crippen LogP contribution in [0.1, 0.15) is 66.9 Å². The smallest absolute Gasteiger partial charge is 0.419 e. The number of carbonyl (C=O) groups is 2. The lowest BCUT2D eigenvalue weighted by Crippen LogP contribution is -2.43. The summed E-state index contributed by atoms with van der Waals surface area (Å²) in [6, 6.07) is 11.3. The number of hydrogen-bond donors (Lipinski definition) is 1. The first-order valence-electron chi connectivity index (χ1n) is 15.5. The Morgan fingerprint density at radius 1 is 1.16 bits per heavy atom. The number of halogens is 1. The number of nitrogens with zero attached hydrogens (tertiary/aromatic N) is 2. The molecule has 0 spiro atoms. The second kappa shape index (κ2) is 14.8. The average molecular weight is 644 g/mol. The van der Waals surface area contributed by atoms with E-state index >= 15 is 0 Å². The van der Waals surface area contributed by atoms with Crippen LogP contribution in [-0.2, 0) is 32.4 Å². The van der Waals surface area contributed by atoms with Gasteiger partial charge in [0, 0.05) is 30.8 Å². The lowest BCUT2D eigenvalue weighted by atomic mass is 9.70. The van der Waals surface area contributed by atoms with Gasteiger partial charge in [-0.1, -0.05) is 29.8 Å². The SMILES string of the molecule is CCOC(=O)NS1(=O)=NC(=O)c2ccc3c(c2)N(Cc2ccc(Cl)cc2CCCCO3)C[C@@H]2CC[C@H]2[C@@H](OC)/C=C/CCC1. The van der Waals surface area contributed by atoms with E-state index in [1.165, 1.54) is 11.1 Å². The van der Waals surface area contributed by atoms with Gasteiger partial charge < -0.3 is 19.1 Å². The second-order valence-corrected chi connectivity index (χ2v) is 14.1. The lowest BCUT2D eigenvalue weighted by Gasteiger charge is -2.43. The molecule has 2 heterocycles. The summed E-state index contributed by atoms with van der Waals surface area (Å²) in [5.41, 5.74) is 3.44. The highest BCUT2D eigenvalue weighted by Gasteiger charge is 2.38. The molecule has 0 radical (unpaired) electrons. The van der Waals surface area contributed by atoms with E-state index in [-0.39, 0.29) is 24.0 Å². The zero-order chi connectivity index (χ0) is 31.1. The number of aryl methyl sites for hydroxylation is 1. The van der Waals surface area contributed by atoms with Gasteiger partial charge in [-0.15, -0.1) is 4.36 Å². The molecule has 0 saturated heterocycles. The number of benzene rings is 2. The first kappa shape index (κ1) is 32.3. The van der Waals surface area contributed by atoms with Crippen molar-refractivity contribution in [2.75, 3.05) is 37.5 Å². The fourth-order valence-electron chi connectivity index (χ4n) is 6.21. The van der Waals surface area contributed by atoms with Crippen molar-refractivity contribution in [2.45, 2.75) is 64.5 Å². The standard InChI is InChI=1S/C33H42ClN3O6S/c1-3-42-33(39)36-44(40)18-8-4-5-10-30(41-2)28-15-12-26(28)22-37-21-25-11-14-27(34)19-23(25)9-6-7-17-43-31-16-13-24(20-29(31)37)32(38)35-44/h5,10-11,13-14,16,19-20,26,28,30H,3-4,6-9,12,15,17-18,21-22H2,1-2H3,(H,35,36,38,39,40)/b10-5+/t26-,28+,30-,44?/m0/s1. The van der Waals surface area contributed by atoms with Crippen LogP contribution in [-0.4, -0.2) is 54.9 Å². The van der Waals surface area contributed by atoms with Gasteiger partial charge >= 0.3 is 6.09 Å². The Morgan fingerprint density at radius 3 is 2.80 bits per heavy atom. The molecule has 11 heteroatoms. The number of amides is 2. The first-order chi connectivity index (χ1) is 21.3. The van der Waals surface area contributed by atoms with Crippen LogP contribution >= 0.6 is 11.6 Å². The van der Waals surface area contributed by atoms with Gasteiger partial charge in [0.15, 0.2) is 0 Å². The Labute approximate surface area is 265 Å². The summed E-state index contributed by atoms with van der Waals surface area (Å²) in [6.07, 6.45) is 9.13. The topological polar surface area (TPSA) is 107 Å². The molecule has 2 amide bonds. The molecule has 2 aliphatic heterocycles. The average Bonchev–Trinajstić information content (AvgIpc) is 3.00. The van der Waals surface area contributed by atoms with E-state index in [0.29, 0.717) is 48.6 Å². The minimum atomic E-state index is -3.44. The van der Waals surface area contributed by atoms with E-state index in [2.05, 4.69) is 32.2 Å². The monoisotopic (exact) mass is 643 g/mol. The maximum atomic E-state index is 13.8. The predicted octanol–water partition coefficient (Wildman–Crippen LogP) is 6.72. The maximum absolute atomic E-state index is 13.8. The summed E-state index contributed by atoms with van der Waals surface area (Å²) in [7, 11) is -1.70. The molecule has 1 N–H and O–H groups in total. The van der Waals surface area contributed by atoms with Gasteiger partial charge in [-0.3, -0.25) is 4.79 Å². The fourth-order valence-corrected chi connectivity index (χ4v) is 7.90. The quantitative estimate of drug-likeness (QED) is 0.370. The molecule has 3 aliphatic rings. The molecule has 44 heavy (non-hydrogen) atoms. The van der Waals surface area contributed by atoms with E-state index in [9.17, 15) is 13.8 Å². The lowest BCUT2D eigenvalue weighted by molar-refractivity contribution is 0.0134. The number of fused-ring (bicyclic) bond motifs is 3. The van der Waals surface area contributed by atoms with Crippen LogP contribution in [0.15, 0.2) is 52.9 Å². The number of anilines is 1. The van der Waals surface area contributed by atoms with Gasteiger partial charge in [-0.05, 0) is 105 Å². The van der Waals surface area contributed by atoms with Gasteiger partial charge in [0.25, 0.3) is 5.91 Å². The Hall–Kier alpha value is -3.08. The van der Waals surface area contributed by atoms with Crippen LogP contribution < -0.4 is 14.4 Å². The summed E-state index contributed by atoms with van der Waals surface area (Å²) in [5, 5.41) is 0.714. The Kier molecular flexibility index (Phi) is 10.9. The number of hydrogen-bond acceptors (Lipinski definition) is 7. The van der Waals surface area contributed by atoms with Crippen molar-refractivity contribution in [3.63, 3.8) is 0 Å². The number of rotatable bonds is 3. The first-order valence-corrected chi connectivity index (χ1v) is 17.6. The van der Waals surface area contributed by atoms with Gasteiger partial charge in [-0.25, -0.2) is 13.7 Å². The molecule has 238 valence electrons. The van der Waals surface area contributed by atoms with Gasteiger partial charge in [0.05, 0.1) is 30.8 Å². The van der Waals surface area contributed by atoms with Crippen LogP contribution in [0.3, 0.4) is 0 Å². The molecule has 5 rings (SSSR count). The minimum absolute atomic E-state index is 0.00508. The van der Waals surface area contributed by atoms with Crippen molar-refractivity contribution in [3.05, 3.63) is 70.3 Å². The third-order valence-corrected chi connectivity index (χ3v) is 10.7. The Balaban J connectivity index is 1.61. The molecule has 1 saturated carbocycles. The zero-order valence-electron chi connectivity index (χ0n) is 25.5. The fraction of sp³-hybridized carbons (Fsp3) is 0.515. The van der Waals surface area contributed by atoms with Gasteiger partial charge in [0.1, 0.15) is 15.7 Å². The van der Waals surface area contributed by atoms with E-state index in [1.807, 2.05) is 12.1 Å². The number of allylic oxidation sites excluding steroid dienone is 1. The molecule has 9 nitrogen and oxygen atoms in total. The number of methoxy groups -OCH3 is 1. The third-order valence-electron chi connectivity index (χ3n) is 8.67. The van der Waals surface area contributed by atoms with Crippen molar-refractivity contribution < 1.29 is 28.0 Å². The Morgan fingerprint density at radius 2 is 2.02 bits per heavy atom. The van der Waals surface area contributed by atoms with E-state index < -0.39 is 21.9 Å². The van der Waals surface area contributed by atoms with Crippen LogP contribution in [0.5, 0.6) is 5.75 Å². The van der Waals surface area contributed by atoms with Crippen LogP contribution in [0.2, 0.25) is 5.02 Å². The zero-order valence-corrected chi connectivity index (χ0v) is 27.0. The number of ether oxygens (including phenoxy) is 3. The molecule has 2 aromatic carbocycles. The highest BCUT2D eigenvalue weighted by atomic mass is 35.5. The van der Waals surface area contributed by atoms with Crippen molar-refractivity contribution in [1.82, 2.24) is 4.72 Å². The number of carbonyl (C=O) groups excluding carboxylic acids is 2. The van der Waals surface area contributed by atoms with Crippen molar-refractivity contribution in [1.29, 1.82) is 0 Å². The summed E-state index contributed by atoms with van der Waals surface area (Å²) in [4.78, 5) is 28.2. The summed E-state index contributed by atoms with van der Waals surface area (Å²) >= 11 is 6.42. The molecule has 4 atom stereocenters. The molecule has 2 bridgehead atoms. The molecular formula is C33H42ClN3O6S. The Bertz CT molecular complexity index is 1500. The molecular weight excluding hydrogens is 602 g/mol.